The maximum Gasteiger partial charge on any atom is 0.267 e. The molecule has 31 heavy (non-hydrogen) atoms. The van der Waals surface area contributed by atoms with Crippen molar-refractivity contribution in [2.24, 2.45) is 0 Å². The maximum atomic E-state index is 13.3. The second-order valence-electron chi connectivity index (χ2n) is 7.35. The van der Waals surface area contributed by atoms with Crippen molar-refractivity contribution in [1.82, 2.24) is 0 Å². The molecule has 3 aromatic carbocycles. The van der Waals surface area contributed by atoms with Gasteiger partial charge in [0, 0.05) is 5.69 Å². The van der Waals surface area contributed by atoms with Gasteiger partial charge in [-0.1, -0.05) is 67.6 Å². The van der Waals surface area contributed by atoms with Crippen LogP contribution >= 0.6 is 0 Å². The lowest BCUT2D eigenvalue weighted by Crippen LogP contribution is -2.49. The standard InChI is InChI=1S/C24H24N2O4S/c1-2-19-12-6-7-13-20(19)25-24(27)23-16-26(21-14-8-9-15-22(21)30-23)31(28,29)17-18-10-4-3-5-11-18/h3-15,23H,2,16-17H2,1H3,(H,25,27)/t23-/m1/s1. The van der Waals surface area contributed by atoms with Crippen LogP contribution in [0.15, 0.2) is 78.9 Å². The molecule has 4 rings (SSSR count). The van der Waals surface area contributed by atoms with Crippen LogP contribution in [0, 0.1) is 0 Å². The van der Waals surface area contributed by atoms with Gasteiger partial charge in [0.2, 0.25) is 10.0 Å². The number of hydrogen-bond acceptors (Lipinski definition) is 4. The summed E-state index contributed by atoms with van der Waals surface area (Å²) in [6.45, 7) is 1.92. The van der Waals surface area contributed by atoms with E-state index < -0.39 is 16.1 Å². The minimum Gasteiger partial charge on any atom is -0.476 e. The minimum atomic E-state index is -3.73. The van der Waals surface area contributed by atoms with Crippen LogP contribution in [0.2, 0.25) is 0 Å². The molecule has 1 aliphatic heterocycles. The van der Waals surface area contributed by atoms with Crippen LogP contribution in [0.1, 0.15) is 18.1 Å². The summed E-state index contributed by atoms with van der Waals surface area (Å²) in [5, 5.41) is 2.90. The van der Waals surface area contributed by atoms with Crippen molar-refractivity contribution in [3.05, 3.63) is 90.0 Å². The number of nitrogens with one attached hydrogen (secondary N) is 1. The highest BCUT2D eigenvalue weighted by atomic mass is 32.2. The van der Waals surface area contributed by atoms with Gasteiger partial charge in [0.25, 0.3) is 5.91 Å². The Labute approximate surface area is 182 Å². The van der Waals surface area contributed by atoms with Gasteiger partial charge in [-0.2, -0.15) is 0 Å². The third kappa shape index (κ3) is 4.56. The zero-order chi connectivity index (χ0) is 21.8. The first-order valence-electron chi connectivity index (χ1n) is 10.2. The summed E-state index contributed by atoms with van der Waals surface area (Å²) in [7, 11) is -3.73. The number of ether oxygens (including phenoxy) is 1. The Balaban J connectivity index is 1.62. The number of fused-ring (bicyclic) bond motifs is 1. The zero-order valence-corrected chi connectivity index (χ0v) is 18.0. The Bertz CT molecular complexity index is 1180. The van der Waals surface area contributed by atoms with Gasteiger partial charge >= 0.3 is 0 Å². The lowest BCUT2D eigenvalue weighted by atomic mass is 10.1. The van der Waals surface area contributed by atoms with E-state index in [0.717, 1.165) is 12.0 Å². The highest BCUT2D eigenvalue weighted by Crippen LogP contribution is 2.36. The monoisotopic (exact) mass is 436 g/mol. The Hall–Kier alpha value is -3.32. The lowest BCUT2D eigenvalue weighted by molar-refractivity contribution is -0.122. The molecule has 0 aliphatic carbocycles. The van der Waals surface area contributed by atoms with Gasteiger partial charge in [0.1, 0.15) is 5.75 Å². The molecule has 0 fully saturated rings. The summed E-state index contributed by atoms with van der Waals surface area (Å²) in [5.41, 5.74) is 2.83. The number of nitrogens with zero attached hydrogens (tertiary/aromatic N) is 1. The highest BCUT2D eigenvalue weighted by Gasteiger charge is 2.36. The van der Waals surface area contributed by atoms with E-state index in [0.29, 0.717) is 22.7 Å². The molecule has 7 heteroatoms. The summed E-state index contributed by atoms with van der Waals surface area (Å²) in [4.78, 5) is 13.0. The molecular weight excluding hydrogens is 412 g/mol. The van der Waals surface area contributed by atoms with Crippen LogP contribution in [0.5, 0.6) is 5.75 Å². The number of amides is 1. The van der Waals surface area contributed by atoms with Gasteiger partial charge in [-0.25, -0.2) is 8.42 Å². The van der Waals surface area contributed by atoms with Gasteiger partial charge in [-0.3, -0.25) is 9.10 Å². The fourth-order valence-corrected chi connectivity index (χ4v) is 5.21. The Morgan fingerprint density at radius 3 is 2.45 bits per heavy atom. The molecule has 0 saturated heterocycles. The quantitative estimate of drug-likeness (QED) is 0.634. The molecule has 160 valence electrons. The molecule has 6 nitrogen and oxygen atoms in total. The zero-order valence-electron chi connectivity index (χ0n) is 17.2. The Kier molecular flexibility index (Phi) is 5.95. The molecule has 0 spiro atoms. The van der Waals surface area contributed by atoms with Crippen molar-refractivity contribution in [3.8, 4) is 5.75 Å². The summed E-state index contributed by atoms with van der Waals surface area (Å²) >= 11 is 0. The summed E-state index contributed by atoms with van der Waals surface area (Å²) in [6.07, 6.45) is -0.201. The normalized spacial score (nSPS) is 15.6. The largest absolute Gasteiger partial charge is 0.476 e. The van der Waals surface area contributed by atoms with E-state index in [2.05, 4.69) is 5.32 Å². The number of carbonyl (C=O) groups is 1. The summed E-state index contributed by atoms with van der Waals surface area (Å²) in [5.74, 6) is -0.167. The van der Waals surface area contributed by atoms with E-state index in [-0.39, 0.29) is 18.2 Å². The van der Waals surface area contributed by atoms with Crippen LogP contribution in [-0.4, -0.2) is 27.0 Å². The first-order valence-corrected chi connectivity index (χ1v) is 11.8. The van der Waals surface area contributed by atoms with E-state index in [1.807, 2.05) is 37.3 Å². The van der Waals surface area contributed by atoms with Crippen molar-refractivity contribution in [3.63, 3.8) is 0 Å². The number of hydrogen-bond donors (Lipinski definition) is 1. The van der Waals surface area contributed by atoms with E-state index in [1.54, 1.807) is 48.5 Å². The molecule has 3 aromatic rings. The first-order chi connectivity index (χ1) is 15.0. The molecule has 0 bridgehead atoms. The van der Waals surface area contributed by atoms with Crippen LogP contribution in [-0.2, 0) is 27.0 Å². The minimum absolute atomic E-state index is 0.0910. The van der Waals surface area contributed by atoms with E-state index >= 15 is 0 Å². The van der Waals surface area contributed by atoms with Crippen molar-refractivity contribution in [1.29, 1.82) is 0 Å². The van der Waals surface area contributed by atoms with Gasteiger partial charge in [-0.15, -0.1) is 0 Å². The third-order valence-electron chi connectivity index (χ3n) is 5.21. The molecule has 0 radical (unpaired) electrons. The SMILES string of the molecule is CCc1ccccc1NC(=O)[C@H]1CN(S(=O)(=O)Cc2ccccc2)c2ccccc2O1. The van der Waals surface area contributed by atoms with Gasteiger partial charge < -0.3 is 10.1 Å². The van der Waals surface area contributed by atoms with Crippen molar-refractivity contribution < 1.29 is 17.9 Å². The second-order valence-corrected chi connectivity index (χ2v) is 9.24. The van der Waals surface area contributed by atoms with Crippen LogP contribution in [0.4, 0.5) is 11.4 Å². The van der Waals surface area contributed by atoms with E-state index in [4.69, 9.17) is 4.74 Å². The van der Waals surface area contributed by atoms with Crippen molar-refractivity contribution in [2.75, 3.05) is 16.2 Å². The van der Waals surface area contributed by atoms with Crippen LogP contribution in [0.25, 0.3) is 0 Å². The smallest absolute Gasteiger partial charge is 0.267 e. The van der Waals surface area contributed by atoms with Crippen LogP contribution in [0.3, 0.4) is 0 Å². The predicted molar refractivity (Wildman–Crippen MR) is 122 cm³/mol. The summed E-state index contributed by atoms with van der Waals surface area (Å²) < 4.78 is 33.8. The number of carbonyl (C=O) groups excluding carboxylic acids is 1. The molecule has 0 aromatic heterocycles. The topological polar surface area (TPSA) is 75.7 Å². The number of benzene rings is 3. The molecule has 1 N–H and O–H groups in total. The average Bonchev–Trinajstić information content (AvgIpc) is 2.79. The van der Waals surface area contributed by atoms with Crippen molar-refractivity contribution >= 4 is 27.3 Å². The number of sulfonamides is 1. The highest BCUT2D eigenvalue weighted by molar-refractivity contribution is 7.92. The molecule has 1 atom stereocenters. The lowest BCUT2D eigenvalue weighted by Gasteiger charge is -2.34. The third-order valence-corrected chi connectivity index (χ3v) is 6.93. The Morgan fingerprint density at radius 1 is 1.00 bits per heavy atom. The number of para-hydroxylation sites is 3. The summed E-state index contributed by atoms with van der Waals surface area (Å²) in [6, 6.07) is 23.4. The first kappa shape index (κ1) is 20.9. The molecule has 1 aliphatic rings. The van der Waals surface area contributed by atoms with Crippen molar-refractivity contribution in [2.45, 2.75) is 25.2 Å². The Morgan fingerprint density at radius 2 is 1.68 bits per heavy atom. The molecule has 0 saturated carbocycles. The maximum absolute atomic E-state index is 13.3. The van der Waals surface area contributed by atoms with Gasteiger partial charge in [-0.05, 0) is 35.7 Å². The second kappa shape index (κ2) is 8.81. The molecule has 1 amide bonds. The molecule has 0 unspecified atom stereocenters. The molecular formula is C24H24N2O4S. The molecule has 1 heterocycles. The fraction of sp³-hybridized carbons (Fsp3) is 0.208. The number of rotatable bonds is 6. The fourth-order valence-electron chi connectivity index (χ4n) is 3.63. The van der Waals surface area contributed by atoms with E-state index in [9.17, 15) is 13.2 Å². The number of anilines is 2. The van der Waals surface area contributed by atoms with Crippen LogP contribution < -0.4 is 14.4 Å². The number of aryl methyl sites for hydroxylation is 1. The average molecular weight is 437 g/mol. The predicted octanol–water partition coefficient (Wildman–Crippen LogP) is 3.99. The van der Waals surface area contributed by atoms with E-state index in [1.165, 1.54) is 4.31 Å². The van der Waals surface area contributed by atoms with Gasteiger partial charge in [0.15, 0.2) is 6.10 Å². The van der Waals surface area contributed by atoms with Gasteiger partial charge in [0.05, 0.1) is 18.0 Å².